The van der Waals surface area contributed by atoms with Gasteiger partial charge < -0.3 is 24.8 Å². The van der Waals surface area contributed by atoms with Gasteiger partial charge in [-0.05, 0) is 68.4 Å². The molecule has 2 aliphatic rings. The van der Waals surface area contributed by atoms with Crippen molar-refractivity contribution in [1.29, 1.82) is 0 Å². The van der Waals surface area contributed by atoms with Gasteiger partial charge in [0, 0.05) is 11.3 Å². The van der Waals surface area contributed by atoms with E-state index in [1.807, 2.05) is 25.1 Å². The highest BCUT2D eigenvalue weighted by Gasteiger charge is 2.35. The number of nitrogens with one attached hydrogen (secondary N) is 2. The highest BCUT2D eigenvalue weighted by molar-refractivity contribution is 7.80. The molecular weight excluding hydrogens is 388 g/mol. The van der Waals surface area contributed by atoms with Crippen LogP contribution >= 0.6 is 12.2 Å². The van der Waals surface area contributed by atoms with Crippen molar-refractivity contribution in [3.63, 3.8) is 0 Å². The lowest BCUT2D eigenvalue weighted by Crippen LogP contribution is -2.45. The minimum atomic E-state index is -0.485. The summed E-state index contributed by atoms with van der Waals surface area (Å²) in [6, 6.07) is 5.01. The Balaban J connectivity index is 1.91. The van der Waals surface area contributed by atoms with E-state index in [-0.39, 0.29) is 12.1 Å². The molecule has 0 amide bonds. The maximum atomic E-state index is 13.2. The Morgan fingerprint density at radius 1 is 1.14 bits per heavy atom. The smallest absolute Gasteiger partial charge is 0.338 e. The van der Waals surface area contributed by atoms with Crippen LogP contribution in [0.4, 0.5) is 0 Å². The normalized spacial score (nSPS) is 27.0. The van der Waals surface area contributed by atoms with Gasteiger partial charge >= 0.3 is 5.97 Å². The van der Waals surface area contributed by atoms with Gasteiger partial charge in [0.2, 0.25) is 0 Å². The van der Waals surface area contributed by atoms with Crippen molar-refractivity contribution in [2.24, 2.45) is 11.8 Å². The van der Waals surface area contributed by atoms with Gasteiger partial charge in [0.25, 0.3) is 0 Å². The van der Waals surface area contributed by atoms with Crippen LogP contribution in [0.5, 0.6) is 11.5 Å². The molecule has 29 heavy (non-hydrogen) atoms. The standard InChI is InChI=1S/C22H30N2O4S/c1-12-6-7-16(10-13(12)2)28-21(25)19-14(3)23-22(29)24-20(19)17-11-15(26-4)8-9-18(17)27-5/h8-9,11-13,16,20H,6-7,10H2,1-5H3,(H2,23,24,29)/t12-,13+,16-,20+/m1/s1. The van der Waals surface area contributed by atoms with Gasteiger partial charge in [-0.1, -0.05) is 13.8 Å². The van der Waals surface area contributed by atoms with Gasteiger partial charge in [0.1, 0.15) is 17.6 Å². The molecule has 1 aliphatic carbocycles. The van der Waals surface area contributed by atoms with Crippen molar-refractivity contribution in [2.45, 2.75) is 52.2 Å². The quantitative estimate of drug-likeness (QED) is 0.556. The molecule has 1 heterocycles. The third kappa shape index (κ3) is 4.66. The molecule has 0 aromatic heterocycles. The topological polar surface area (TPSA) is 68.8 Å². The second kappa shape index (κ2) is 9.03. The summed E-state index contributed by atoms with van der Waals surface area (Å²) in [5.74, 6) is 2.20. The van der Waals surface area contributed by atoms with E-state index in [9.17, 15) is 4.79 Å². The van der Waals surface area contributed by atoms with E-state index in [1.165, 1.54) is 0 Å². The van der Waals surface area contributed by atoms with Crippen molar-refractivity contribution in [3.05, 3.63) is 35.0 Å². The molecule has 158 valence electrons. The summed E-state index contributed by atoms with van der Waals surface area (Å²) in [6.45, 7) is 6.33. The zero-order chi connectivity index (χ0) is 21.1. The number of ether oxygens (including phenoxy) is 3. The maximum absolute atomic E-state index is 13.2. The van der Waals surface area contributed by atoms with Crippen LogP contribution in [0.3, 0.4) is 0 Å². The summed E-state index contributed by atoms with van der Waals surface area (Å²) in [4.78, 5) is 13.2. The van der Waals surface area contributed by atoms with Gasteiger partial charge in [0.15, 0.2) is 5.11 Å². The van der Waals surface area contributed by atoms with E-state index < -0.39 is 6.04 Å². The molecule has 0 unspecified atom stereocenters. The highest BCUT2D eigenvalue weighted by Crippen LogP contribution is 2.37. The minimum Gasteiger partial charge on any atom is -0.497 e. The number of hydrogen-bond donors (Lipinski definition) is 2. The minimum absolute atomic E-state index is 0.0595. The molecule has 0 spiro atoms. The number of carbonyl (C=O) groups excluding carboxylic acids is 1. The van der Waals surface area contributed by atoms with Crippen LogP contribution < -0.4 is 20.1 Å². The molecule has 0 bridgehead atoms. The zero-order valence-corrected chi connectivity index (χ0v) is 18.5. The van der Waals surface area contributed by atoms with Gasteiger partial charge in [-0.3, -0.25) is 0 Å². The average molecular weight is 419 g/mol. The first-order valence-electron chi connectivity index (χ1n) is 10.0. The van der Waals surface area contributed by atoms with Crippen LogP contribution in [0.25, 0.3) is 0 Å². The first-order valence-corrected chi connectivity index (χ1v) is 10.5. The third-order valence-corrected chi connectivity index (χ3v) is 6.28. The Morgan fingerprint density at radius 3 is 2.55 bits per heavy atom. The second-order valence-electron chi connectivity index (χ2n) is 7.97. The molecule has 1 aliphatic heterocycles. The molecule has 1 saturated carbocycles. The summed E-state index contributed by atoms with van der Waals surface area (Å²) < 4.78 is 16.9. The summed E-state index contributed by atoms with van der Waals surface area (Å²) in [5, 5.41) is 6.71. The van der Waals surface area contributed by atoms with Gasteiger partial charge in [-0.25, -0.2) is 4.79 Å². The number of rotatable bonds is 5. The van der Waals surface area contributed by atoms with E-state index in [0.717, 1.165) is 24.8 Å². The Labute approximate surface area is 178 Å². The third-order valence-electron chi connectivity index (χ3n) is 6.06. The molecule has 1 fully saturated rings. The molecule has 3 rings (SSSR count). The Kier molecular flexibility index (Phi) is 6.67. The van der Waals surface area contributed by atoms with E-state index >= 15 is 0 Å². The fourth-order valence-electron chi connectivity index (χ4n) is 4.08. The Hall–Kier alpha value is -2.28. The van der Waals surface area contributed by atoms with Crippen molar-refractivity contribution >= 4 is 23.3 Å². The van der Waals surface area contributed by atoms with E-state index in [4.69, 9.17) is 26.4 Å². The number of allylic oxidation sites excluding steroid dienone is 1. The summed E-state index contributed by atoms with van der Waals surface area (Å²) in [7, 11) is 3.21. The Bertz CT molecular complexity index is 823. The first kappa shape index (κ1) is 21.4. The van der Waals surface area contributed by atoms with E-state index in [1.54, 1.807) is 14.2 Å². The molecule has 1 aromatic rings. The highest BCUT2D eigenvalue weighted by atomic mass is 32.1. The van der Waals surface area contributed by atoms with Crippen LogP contribution in [-0.4, -0.2) is 31.4 Å². The van der Waals surface area contributed by atoms with Crippen LogP contribution in [0.15, 0.2) is 29.5 Å². The molecule has 0 saturated heterocycles. The number of hydrogen-bond acceptors (Lipinski definition) is 5. The summed E-state index contributed by atoms with van der Waals surface area (Å²) in [6.07, 6.45) is 2.81. The largest absolute Gasteiger partial charge is 0.497 e. The van der Waals surface area contributed by atoms with Crippen molar-refractivity contribution < 1.29 is 19.0 Å². The number of benzene rings is 1. The molecule has 7 heteroatoms. The van der Waals surface area contributed by atoms with Crippen LogP contribution in [-0.2, 0) is 9.53 Å². The van der Waals surface area contributed by atoms with Gasteiger partial charge in [-0.2, -0.15) is 0 Å². The molecule has 0 radical (unpaired) electrons. The maximum Gasteiger partial charge on any atom is 0.338 e. The average Bonchev–Trinajstić information content (AvgIpc) is 2.69. The molecule has 4 atom stereocenters. The van der Waals surface area contributed by atoms with Crippen LogP contribution in [0.1, 0.15) is 51.6 Å². The molecular formula is C22H30N2O4S. The predicted molar refractivity (Wildman–Crippen MR) is 116 cm³/mol. The summed E-state index contributed by atoms with van der Waals surface area (Å²) >= 11 is 5.35. The second-order valence-corrected chi connectivity index (χ2v) is 8.38. The van der Waals surface area contributed by atoms with E-state index in [0.29, 0.717) is 39.7 Å². The fraction of sp³-hybridized carbons (Fsp3) is 0.545. The summed E-state index contributed by atoms with van der Waals surface area (Å²) in [5.41, 5.74) is 1.97. The van der Waals surface area contributed by atoms with Gasteiger partial charge in [0.05, 0.1) is 25.8 Å². The van der Waals surface area contributed by atoms with Crippen molar-refractivity contribution in [3.8, 4) is 11.5 Å². The first-order chi connectivity index (χ1) is 13.8. The number of carbonyl (C=O) groups is 1. The zero-order valence-electron chi connectivity index (χ0n) is 17.7. The molecule has 1 aromatic carbocycles. The lowest BCUT2D eigenvalue weighted by atomic mass is 9.80. The van der Waals surface area contributed by atoms with Crippen molar-refractivity contribution in [2.75, 3.05) is 14.2 Å². The Morgan fingerprint density at radius 2 is 1.90 bits per heavy atom. The monoisotopic (exact) mass is 418 g/mol. The molecule has 6 nitrogen and oxygen atoms in total. The van der Waals surface area contributed by atoms with E-state index in [2.05, 4.69) is 24.5 Å². The number of esters is 1. The van der Waals surface area contributed by atoms with Crippen LogP contribution in [0, 0.1) is 11.8 Å². The lowest BCUT2D eigenvalue weighted by molar-refractivity contribution is -0.147. The number of thiocarbonyl (C=S) groups is 1. The van der Waals surface area contributed by atoms with Crippen molar-refractivity contribution in [1.82, 2.24) is 10.6 Å². The predicted octanol–water partition coefficient (Wildman–Crippen LogP) is 3.86. The SMILES string of the molecule is COc1ccc(OC)c([C@@H]2NC(=S)NC(C)=C2C(=O)O[C@@H]2CC[C@@H](C)[C@@H](C)C2)c1. The molecule has 2 N–H and O–H groups in total. The lowest BCUT2D eigenvalue weighted by Gasteiger charge is -2.34. The fourth-order valence-corrected chi connectivity index (χ4v) is 4.35. The van der Waals surface area contributed by atoms with Crippen LogP contribution in [0.2, 0.25) is 0 Å². The van der Waals surface area contributed by atoms with Gasteiger partial charge in [-0.15, -0.1) is 0 Å². The number of methoxy groups -OCH3 is 2.